The van der Waals surface area contributed by atoms with Crippen LogP contribution in [0.25, 0.3) is 0 Å². The summed E-state index contributed by atoms with van der Waals surface area (Å²) in [6.45, 7) is 0. The van der Waals surface area contributed by atoms with Crippen molar-refractivity contribution in [2.24, 2.45) is 5.92 Å². The number of carboxylic acids is 1. The van der Waals surface area contributed by atoms with Gasteiger partial charge in [-0.05, 0) is 37.0 Å². The molecule has 138 valence electrons. The topological polar surface area (TPSA) is 101 Å². The Labute approximate surface area is 152 Å². The first kappa shape index (κ1) is 19.7. The lowest BCUT2D eigenvalue weighted by atomic mass is 10.1. The summed E-state index contributed by atoms with van der Waals surface area (Å²) >= 11 is 0. The lowest BCUT2D eigenvalue weighted by molar-refractivity contribution is -0.153. The first-order valence-corrected chi connectivity index (χ1v) is 8.69. The summed E-state index contributed by atoms with van der Waals surface area (Å²) in [6.07, 6.45) is 3.78. The third kappa shape index (κ3) is 6.34. The van der Waals surface area contributed by atoms with E-state index in [4.69, 9.17) is 5.11 Å². The van der Waals surface area contributed by atoms with Crippen LogP contribution < -0.4 is 0 Å². The Balaban J connectivity index is 1.81. The number of carbonyl (C=O) groups excluding carboxylic acids is 2. The highest BCUT2D eigenvalue weighted by Gasteiger charge is 2.23. The van der Waals surface area contributed by atoms with Crippen molar-refractivity contribution in [3.8, 4) is 11.8 Å². The van der Waals surface area contributed by atoms with Crippen molar-refractivity contribution in [1.82, 2.24) is 0 Å². The van der Waals surface area contributed by atoms with Crippen LogP contribution in [0, 0.1) is 17.8 Å². The van der Waals surface area contributed by atoms with Crippen LogP contribution in [0.15, 0.2) is 24.3 Å². The van der Waals surface area contributed by atoms with Gasteiger partial charge in [0.15, 0.2) is 6.10 Å². The second kappa shape index (κ2) is 9.73. The molecule has 1 aromatic rings. The van der Waals surface area contributed by atoms with Gasteiger partial charge in [-0.2, -0.15) is 0 Å². The predicted molar refractivity (Wildman–Crippen MR) is 93.2 cm³/mol. The van der Waals surface area contributed by atoms with E-state index in [9.17, 15) is 19.5 Å². The van der Waals surface area contributed by atoms with Crippen LogP contribution in [0.5, 0.6) is 0 Å². The molecular formula is C20H22O6. The number of carboxylic acid groups (broad SMARTS) is 1. The molecule has 1 atom stereocenters. The molecule has 0 spiro atoms. The van der Waals surface area contributed by atoms with Crippen LogP contribution in [0.1, 0.15) is 54.4 Å². The van der Waals surface area contributed by atoms with Gasteiger partial charge in [-0.1, -0.05) is 30.9 Å². The van der Waals surface area contributed by atoms with Crippen molar-refractivity contribution in [1.29, 1.82) is 0 Å². The van der Waals surface area contributed by atoms with E-state index < -0.39 is 30.4 Å². The summed E-state index contributed by atoms with van der Waals surface area (Å²) < 4.78 is 4.48. The van der Waals surface area contributed by atoms with E-state index in [0.29, 0.717) is 5.92 Å². The quantitative estimate of drug-likeness (QED) is 0.460. The number of hydrogen-bond acceptors (Lipinski definition) is 5. The second-order valence-electron chi connectivity index (χ2n) is 6.32. The summed E-state index contributed by atoms with van der Waals surface area (Å²) in [5.74, 6) is 3.49. The molecule has 0 aliphatic heterocycles. The van der Waals surface area contributed by atoms with Gasteiger partial charge < -0.3 is 14.9 Å². The van der Waals surface area contributed by atoms with Crippen LogP contribution >= 0.6 is 0 Å². The molecule has 0 aromatic heterocycles. The van der Waals surface area contributed by atoms with Crippen LogP contribution in [0.2, 0.25) is 0 Å². The molecule has 0 saturated heterocycles. The first-order valence-electron chi connectivity index (χ1n) is 8.69. The average Bonchev–Trinajstić information content (AvgIpc) is 3.12. The molecule has 0 radical (unpaired) electrons. The van der Waals surface area contributed by atoms with Gasteiger partial charge in [0.2, 0.25) is 0 Å². The van der Waals surface area contributed by atoms with Gasteiger partial charge in [0, 0.05) is 12.3 Å². The molecule has 2 N–H and O–H groups in total. The van der Waals surface area contributed by atoms with Gasteiger partial charge in [0.05, 0.1) is 12.0 Å². The number of aliphatic hydroxyl groups excluding tert-OH is 1. The van der Waals surface area contributed by atoms with Crippen LogP contribution in [0.4, 0.5) is 0 Å². The maximum absolute atomic E-state index is 11.8. The second-order valence-corrected chi connectivity index (χ2v) is 6.32. The Morgan fingerprint density at radius 3 is 2.42 bits per heavy atom. The number of hydrogen-bond donors (Lipinski definition) is 2. The zero-order chi connectivity index (χ0) is 18.9. The Morgan fingerprint density at radius 1 is 1.15 bits per heavy atom. The normalized spacial score (nSPS) is 15.0. The Morgan fingerprint density at radius 2 is 1.81 bits per heavy atom. The third-order valence-electron chi connectivity index (χ3n) is 4.22. The number of aliphatic carboxylic acids is 1. The van der Waals surface area contributed by atoms with E-state index >= 15 is 0 Å². The number of aliphatic hydroxyl groups is 1. The predicted octanol–water partition coefficient (Wildman–Crippen LogP) is 2.33. The highest BCUT2D eigenvalue weighted by Crippen LogP contribution is 2.23. The largest absolute Gasteiger partial charge is 0.481 e. The summed E-state index contributed by atoms with van der Waals surface area (Å²) in [5, 5.41) is 17.8. The van der Waals surface area contributed by atoms with E-state index in [1.807, 2.05) is 0 Å². The SMILES string of the molecule is O=C(O)CC(O)C(=O)OC(=O)c1ccc(CCC#CC2CCCC2)cc1. The first-order chi connectivity index (χ1) is 12.5. The zero-order valence-corrected chi connectivity index (χ0v) is 14.4. The van der Waals surface area contributed by atoms with E-state index in [1.165, 1.54) is 37.8 Å². The third-order valence-corrected chi connectivity index (χ3v) is 4.22. The van der Waals surface area contributed by atoms with Gasteiger partial charge in [0.25, 0.3) is 0 Å². The van der Waals surface area contributed by atoms with E-state index in [0.717, 1.165) is 18.4 Å². The Bertz CT molecular complexity index is 704. The molecule has 6 nitrogen and oxygen atoms in total. The molecule has 26 heavy (non-hydrogen) atoms. The summed E-state index contributed by atoms with van der Waals surface area (Å²) in [4.78, 5) is 33.7. The number of ether oxygens (including phenoxy) is 1. The molecule has 0 heterocycles. The minimum Gasteiger partial charge on any atom is -0.481 e. The Kier molecular flexibility index (Phi) is 7.37. The Hall–Kier alpha value is -2.65. The summed E-state index contributed by atoms with van der Waals surface area (Å²) in [7, 11) is 0. The molecule has 1 saturated carbocycles. The molecule has 0 amide bonds. The molecule has 0 bridgehead atoms. The smallest absolute Gasteiger partial charge is 0.345 e. The average molecular weight is 358 g/mol. The fourth-order valence-corrected chi connectivity index (χ4v) is 2.77. The number of rotatable bonds is 6. The monoisotopic (exact) mass is 358 g/mol. The fourth-order valence-electron chi connectivity index (χ4n) is 2.77. The minimum atomic E-state index is -1.87. The standard InChI is InChI=1S/C20H22O6/c21-17(13-18(22)23)20(25)26-19(24)16-11-9-15(10-12-16)8-4-3-7-14-5-1-2-6-14/h9-12,14,17,21H,1-2,4-6,8,13H2,(H,22,23). The molecule has 1 aliphatic rings. The van der Waals surface area contributed by atoms with Crippen molar-refractivity contribution in [3.05, 3.63) is 35.4 Å². The number of aryl methyl sites for hydroxylation is 1. The minimum absolute atomic E-state index is 0.154. The highest BCUT2D eigenvalue weighted by atomic mass is 16.6. The molecule has 2 rings (SSSR count). The lowest BCUT2D eigenvalue weighted by Gasteiger charge is -2.07. The van der Waals surface area contributed by atoms with Gasteiger partial charge in [0.1, 0.15) is 0 Å². The van der Waals surface area contributed by atoms with Gasteiger partial charge >= 0.3 is 17.9 Å². The number of carbonyl (C=O) groups is 3. The highest BCUT2D eigenvalue weighted by molar-refractivity contribution is 5.98. The molecule has 1 unspecified atom stereocenters. The van der Waals surface area contributed by atoms with E-state index in [2.05, 4.69) is 16.6 Å². The maximum Gasteiger partial charge on any atom is 0.345 e. The molecule has 1 aromatic carbocycles. The fraction of sp³-hybridized carbons (Fsp3) is 0.450. The number of benzene rings is 1. The molecule has 1 fully saturated rings. The van der Waals surface area contributed by atoms with E-state index in [-0.39, 0.29) is 5.56 Å². The molecule has 6 heteroatoms. The van der Waals surface area contributed by atoms with Crippen molar-refractivity contribution in [3.63, 3.8) is 0 Å². The van der Waals surface area contributed by atoms with Crippen molar-refractivity contribution in [2.45, 2.75) is 51.0 Å². The van der Waals surface area contributed by atoms with Crippen LogP contribution in [-0.2, 0) is 20.7 Å². The van der Waals surface area contributed by atoms with Crippen molar-refractivity contribution < 1.29 is 29.3 Å². The maximum atomic E-state index is 11.8. The summed E-state index contributed by atoms with van der Waals surface area (Å²) in [5.41, 5.74) is 1.17. The van der Waals surface area contributed by atoms with Crippen LogP contribution in [-0.4, -0.2) is 34.2 Å². The summed E-state index contributed by atoms with van der Waals surface area (Å²) in [6, 6.07) is 6.57. The zero-order valence-electron chi connectivity index (χ0n) is 14.4. The van der Waals surface area contributed by atoms with Gasteiger partial charge in [-0.25, -0.2) is 9.59 Å². The molecule has 1 aliphatic carbocycles. The number of esters is 2. The van der Waals surface area contributed by atoms with Gasteiger partial charge in [-0.3, -0.25) is 4.79 Å². The van der Waals surface area contributed by atoms with Crippen molar-refractivity contribution >= 4 is 17.9 Å². The molecular weight excluding hydrogens is 336 g/mol. The van der Waals surface area contributed by atoms with Crippen molar-refractivity contribution in [2.75, 3.05) is 0 Å². The van der Waals surface area contributed by atoms with E-state index in [1.54, 1.807) is 12.1 Å². The van der Waals surface area contributed by atoms with Crippen LogP contribution in [0.3, 0.4) is 0 Å². The lowest BCUT2D eigenvalue weighted by Crippen LogP contribution is -2.28. The van der Waals surface area contributed by atoms with Gasteiger partial charge in [-0.15, -0.1) is 5.92 Å².